The summed E-state index contributed by atoms with van der Waals surface area (Å²) < 4.78 is 7.55. The van der Waals surface area contributed by atoms with E-state index in [1.165, 1.54) is 4.80 Å². The Morgan fingerprint density at radius 3 is 2.73 bits per heavy atom. The summed E-state index contributed by atoms with van der Waals surface area (Å²) in [6, 6.07) is 5.69. The van der Waals surface area contributed by atoms with Gasteiger partial charge in [0.2, 0.25) is 5.82 Å². The maximum Gasteiger partial charge on any atom is 0.208 e. The van der Waals surface area contributed by atoms with Crippen LogP contribution in [0.15, 0.2) is 30.6 Å². The largest absolute Gasteiger partial charge is 0.495 e. The van der Waals surface area contributed by atoms with Gasteiger partial charge in [-0.15, -0.1) is 10.2 Å². The normalized spacial score (nSPS) is 11.1. The summed E-state index contributed by atoms with van der Waals surface area (Å²) >= 11 is 6.09. The third-order valence-electron chi connectivity index (χ3n) is 3.94. The Morgan fingerprint density at radius 1 is 1.23 bits per heavy atom. The van der Waals surface area contributed by atoms with Gasteiger partial charge in [0, 0.05) is 13.2 Å². The number of fused-ring (bicyclic) bond motifs is 1. The van der Waals surface area contributed by atoms with Gasteiger partial charge in [0.25, 0.3) is 0 Å². The van der Waals surface area contributed by atoms with Crippen LogP contribution < -0.4 is 10.1 Å². The predicted molar refractivity (Wildman–Crippen MR) is 97.3 cm³/mol. The Labute approximate surface area is 153 Å². The molecular weight excluding hydrogens is 356 g/mol. The number of imidazole rings is 1. The second kappa shape index (κ2) is 6.26. The first-order valence-electron chi connectivity index (χ1n) is 7.75. The molecule has 1 aromatic carbocycles. The van der Waals surface area contributed by atoms with Crippen molar-refractivity contribution in [2.24, 2.45) is 7.05 Å². The first kappa shape index (κ1) is 16.3. The number of aromatic nitrogens is 7. The fourth-order valence-corrected chi connectivity index (χ4v) is 2.98. The van der Waals surface area contributed by atoms with E-state index in [4.69, 9.17) is 16.3 Å². The highest BCUT2D eigenvalue weighted by molar-refractivity contribution is 6.29. The summed E-state index contributed by atoms with van der Waals surface area (Å²) in [4.78, 5) is 10.2. The molecule has 132 valence electrons. The number of nitrogens with one attached hydrogen (secondary N) is 1. The highest BCUT2D eigenvalue weighted by Gasteiger charge is 2.20. The van der Waals surface area contributed by atoms with Crippen LogP contribution in [0.2, 0.25) is 5.15 Å². The van der Waals surface area contributed by atoms with E-state index in [0.29, 0.717) is 28.4 Å². The lowest BCUT2D eigenvalue weighted by Crippen LogP contribution is -1.97. The van der Waals surface area contributed by atoms with Crippen LogP contribution in [0, 0.1) is 0 Å². The van der Waals surface area contributed by atoms with Crippen molar-refractivity contribution in [3.8, 4) is 28.5 Å². The number of anilines is 1. The van der Waals surface area contributed by atoms with Crippen molar-refractivity contribution < 1.29 is 4.74 Å². The number of methoxy groups -OCH3 is 1. The van der Waals surface area contributed by atoms with Gasteiger partial charge in [-0.2, -0.15) is 4.80 Å². The standard InChI is InChI=1S/C16H15ClN8O/c1-18-15-11-7-19-12(17)8-25(11)16(20-15)10-6-4-5-9(13(10)26-3)14-21-23-24(2)22-14/h4-8,18H,1-3H3. The zero-order valence-electron chi connectivity index (χ0n) is 14.3. The van der Waals surface area contributed by atoms with Crippen LogP contribution >= 0.6 is 11.6 Å². The fraction of sp³-hybridized carbons (Fsp3) is 0.188. The number of rotatable bonds is 4. The molecule has 4 rings (SSSR count). The molecule has 3 aromatic heterocycles. The maximum atomic E-state index is 6.09. The van der Waals surface area contributed by atoms with Gasteiger partial charge >= 0.3 is 0 Å². The lowest BCUT2D eigenvalue weighted by molar-refractivity contribution is 0.417. The van der Waals surface area contributed by atoms with Gasteiger partial charge in [0.05, 0.1) is 31.5 Å². The van der Waals surface area contributed by atoms with E-state index in [1.807, 2.05) is 22.6 Å². The maximum absolute atomic E-state index is 6.09. The number of tetrazole rings is 1. The highest BCUT2D eigenvalue weighted by Crippen LogP contribution is 2.38. The quantitative estimate of drug-likeness (QED) is 0.588. The minimum atomic E-state index is 0.365. The molecule has 0 unspecified atom stereocenters. The van der Waals surface area contributed by atoms with Crippen LogP contribution in [0.25, 0.3) is 28.3 Å². The van der Waals surface area contributed by atoms with Crippen molar-refractivity contribution in [2.75, 3.05) is 19.5 Å². The molecule has 1 N–H and O–H groups in total. The van der Waals surface area contributed by atoms with E-state index in [-0.39, 0.29) is 0 Å². The van der Waals surface area contributed by atoms with E-state index in [2.05, 4.69) is 30.7 Å². The molecule has 0 saturated heterocycles. The fourth-order valence-electron chi connectivity index (χ4n) is 2.84. The molecule has 0 aliphatic heterocycles. The molecule has 3 heterocycles. The van der Waals surface area contributed by atoms with Crippen LogP contribution in [0.3, 0.4) is 0 Å². The van der Waals surface area contributed by atoms with Crippen LogP contribution in [0.5, 0.6) is 5.75 Å². The van der Waals surface area contributed by atoms with Gasteiger partial charge in [-0.3, -0.25) is 4.40 Å². The average Bonchev–Trinajstić information content (AvgIpc) is 3.24. The topological polar surface area (TPSA) is 95.1 Å². The molecule has 0 bridgehead atoms. The molecule has 0 radical (unpaired) electrons. The molecule has 9 nitrogen and oxygen atoms in total. The van der Waals surface area contributed by atoms with Gasteiger partial charge in [-0.05, 0) is 17.3 Å². The third kappa shape index (κ3) is 2.53. The van der Waals surface area contributed by atoms with E-state index >= 15 is 0 Å². The summed E-state index contributed by atoms with van der Waals surface area (Å²) in [5.41, 5.74) is 2.30. The highest BCUT2D eigenvalue weighted by atomic mass is 35.5. The smallest absolute Gasteiger partial charge is 0.208 e. The predicted octanol–water partition coefficient (Wildman–Crippen LogP) is 2.29. The van der Waals surface area contributed by atoms with Crippen molar-refractivity contribution in [1.82, 2.24) is 34.6 Å². The number of para-hydroxylation sites is 1. The van der Waals surface area contributed by atoms with E-state index in [1.54, 1.807) is 33.6 Å². The van der Waals surface area contributed by atoms with Crippen LogP contribution in [-0.2, 0) is 7.05 Å². The minimum absolute atomic E-state index is 0.365. The Hall–Kier alpha value is -3.20. The van der Waals surface area contributed by atoms with E-state index < -0.39 is 0 Å². The number of halogens is 1. The number of hydrogen-bond donors (Lipinski definition) is 1. The molecule has 0 spiro atoms. The van der Waals surface area contributed by atoms with Crippen LogP contribution in [0.1, 0.15) is 0 Å². The Kier molecular flexibility index (Phi) is 3.92. The molecule has 0 fully saturated rings. The zero-order chi connectivity index (χ0) is 18.3. The van der Waals surface area contributed by atoms with Crippen molar-refractivity contribution in [2.45, 2.75) is 0 Å². The van der Waals surface area contributed by atoms with Crippen molar-refractivity contribution in [3.05, 3.63) is 35.7 Å². The summed E-state index contributed by atoms with van der Waals surface area (Å²) in [6.45, 7) is 0. The number of aryl methyl sites for hydroxylation is 1. The first-order chi connectivity index (χ1) is 12.6. The van der Waals surface area contributed by atoms with Gasteiger partial charge < -0.3 is 10.1 Å². The molecule has 10 heteroatoms. The summed E-state index contributed by atoms with van der Waals surface area (Å²) in [5.74, 6) is 2.43. The Morgan fingerprint density at radius 2 is 2.04 bits per heavy atom. The molecular formula is C16H15ClN8O. The lowest BCUT2D eigenvalue weighted by atomic mass is 10.1. The van der Waals surface area contributed by atoms with Gasteiger partial charge in [0.15, 0.2) is 11.6 Å². The number of nitrogens with zero attached hydrogens (tertiary/aromatic N) is 7. The summed E-state index contributed by atoms with van der Waals surface area (Å²) in [5, 5.41) is 15.7. The SMILES string of the molecule is CNc1nc(-c2cccc(-c3nnn(C)n3)c2OC)n2cc(Cl)ncc12. The second-order valence-corrected chi connectivity index (χ2v) is 5.88. The average molecular weight is 371 g/mol. The monoisotopic (exact) mass is 370 g/mol. The molecule has 4 aromatic rings. The molecule has 0 aliphatic rings. The lowest BCUT2D eigenvalue weighted by Gasteiger charge is -2.11. The van der Waals surface area contributed by atoms with Crippen molar-refractivity contribution in [3.63, 3.8) is 0 Å². The van der Waals surface area contributed by atoms with E-state index in [9.17, 15) is 0 Å². The third-order valence-corrected chi connectivity index (χ3v) is 4.14. The molecule has 0 amide bonds. The number of ether oxygens (including phenoxy) is 1. The van der Waals surface area contributed by atoms with Gasteiger partial charge in [-0.25, -0.2) is 9.97 Å². The molecule has 0 aliphatic carbocycles. The van der Waals surface area contributed by atoms with Crippen molar-refractivity contribution >= 4 is 22.9 Å². The van der Waals surface area contributed by atoms with Crippen LogP contribution in [-0.4, -0.2) is 48.7 Å². The van der Waals surface area contributed by atoms with E-state index in [0.717, 1.165) is 16.6 Å². The van der Waals surface area contributed by atoms with Gasteiger partial charge in [-0.1, -0.05) is 17.7 Å². The number of hydrogen-bond acceptors (Lipinski definition) is 7. The Bertz CT molecular complexity index is 1100. The molecule has 26 heavy (non-hydrogen) atoms. The minimum Gasteiger partial charge on any atom is -0.495 e. The zero-order valence-corrected chi connectivity index (χ0v) is 15.1. The van der Waals surface area contributed by atoms with Crippen LogP contribution in [0.4, 0.5) is 5.82 Å². The number of benzene rings is 1. The molecule has 0 atom stereocenters. The van der Waals surface area contributed by atoms with Crippen molar-refractivity contribution in [1.29, 1.82) is 0 Å². The Balaban J connectivity index is 1.99. The second-order valence-electron chi connectivity index (χ2n) is 5.49. The molecule has 0 saturated carbocycles. The summed E-state index contributed by atoms with van der Waals surface area (Å²) in [6.07, 6.45) is 3.39. The summed E-state index contributed by atoms with van der Waals surface area (Å²) in [7, 11) is 5.11. The first-order valence-corrected chi connectivity index (χ1v) is 8.13. The van der Waals surface area contributed by atoms with Gasteiger partial charge in [0.1, 0.15) is 16.4 Å².